The van der Waals surface area contributed by atoms with Crippen LogP contribution < -0.4 is 16.0 Å². The van der Waals surface area contributed by atoms with Gasteiger partial charge in [0.2, 0.25) is 15.9 Å². The van der Waals surface area contributed by atoms with Crippen LogP contribution in [0.5, 0.6) is 0 Å². The quantitative estimate of drug-likeness (QED) is 0.625. The van der Waals surface area contributed by atoms with E-state index < -0.39 is 16.1 Å². The molecular formula is C21H26N4O4S. The number of para-hydroxylation sites is 1. The van der Waals surface area contributed by atoms with E-state index in [1.807, 2.05) is 18.2 Å². The zero-order chi connectivity index (χ0) is 21.6. The molecule has 1 fully saturated rings. The maximum atomic E-state index is 12.6. The van der Waals surface area contributed by atoms with Gasteiger partial charge >= 0.3 is 6.03 Å². The highest BCUT2D eigenvalue weighted by Gasteiger charge is 2.38. The highest BCUT2D eigenvalue weighted by molar-refractivity contribution is 7.89. The molecule has 0 aromatic heterocycles. The molecule has 3 N–H and O–H groups in total. The Morgan fingerprint density at radius 2 is 1.50 bits per heavy atom. The molecule has 8 nitrogen and oxygen atoms in total. The number of carbonyl (C=O) groups is 2. The molecule has 9 heteroatoms. The number of hydrogen-bond donors (Lipinski definition) is 3. The Morgan fingerprint density at radius 1 is 0.933 bits per heavy atom. The molecule has 3 rings (SSSR count). The van der Waals surface area contributed by atoms with Crippen molar-refractivity contribution in [3.8, 4) is 0 Å². The second-order valence-electron chi connectivity index (χ2n) is 7.10. The first-order valence-electron chi connectivity index (χ1n) is 9.92. The van der Waals surface area contributed by atoms with Gasteiger partial charge in [-0.3, -0.25) is 4.79 Å². The van der Waals surface area contributed by atoms with Crippen molar-refractivity contribution in [3.05, 3.63) is 54.6 Å². The van der Waals surface area contributed by atoms with E-state index in [0.29, 0.717) is 42.9 Å². The van der Waals surface area contributed by atoms with Crippen LogP contribution >= 0.6 is 0 Å². The van der Waals surface area contributed by atoms with E-state index in [-0.39, 0.29) is 17.7 Å². The fourth-order valence-electron chi connectivity index (χ4n) is 3.39. The summed E-state index contributed by atoms with van der Waals surface area (Å²) in [5, 5.41) is 8.21. The Balaban J connectivity index is 1.57. The van der Waals surface area contributed by atoms with E-state index in [0.717, 1.165) is 0 Å². The lowest BCUT2D eigenvalue weighted by Crippen LogP contribution is -2.44. The number of carbonyl (C=O) groups excluding carboxylic acids is 2. The molecule has 0 saturated carbocycles. The lowest BCUT2D eigenvalue weighted by atomic mass is 10.2. The van der Waals surface area contributed by atoms with Crippen molar-refractivity contribution in [2.75, 3.05) is 28.2 Å². The second-order valence-corrected chi connectivity index (χ2v) is 9.14. The summed E-state index contributed by atoms with van der Waals surface area (Å²) in [5.41, 5.74) is 1.78. The predicted octanol–water partition coefficient (Wildman–Crippen LogP) is 3.47. The van der Waals surface area contributed by atoms with Gasteiger partial charge in [0, 0.05) is 23.6 Å². The van der Waals surface area contributed by atoms with Gasteiger partial charge < -0.3 is 16.0 Å². The SMILES string of the molecule is CCCS(=O)(=O)N1CCC[C@H]1C(=O)Nc1ccc(NC(=O)Nc2ccccc2)cc1. The molecule has 2 aromatic rings. The Kier molecular flexibility index (Phi) is 7.07. The number of rotatable bonds is 7. The number of sulfonamides is 1. The first-order chi connectivity index (χ1) is 14.4. The lowest BCUT2D eigenvalue weighted by molar-refractivity contribution is -0.119. The number of hydrogen-bond acceptors (Lipinski definition) is 4. The van der Waals surface area contributed by atoms with Crippen molar-refractivity contribution in [2.24, 2.45) is 0 Å². The van der Waals surface area contributed by atoms with Crippen LogP contribution in [-0.4, -0.2) is 43.0 Å². The van der Waals surface area contributed by atoms with E-state index in [2.05, 4.69) is 16.0 Å². The average Bonchev–Trinajstić information content (AvgIpc) is 3.21. The van der Waals surface area contributed by atoms with Gasteiger partial charge in [-0.15, -0.1) is 0 Å². The zero-order valence-electron chi connectivity index (χ0n) is 16.8. The molecule has 0 radical (unpaired) electrons. The highest BCUT2D eigenvalue weighted by Crippen LogP contribution is 2.24. The largest absolute Gasteiger partial charge is 0.325 e. The molecule has 1 atom stereocenters. The summed E-state index contributed by atoms with van der Waals surface area (Å²) in [5.74, 6) is -0.294. The van der Waals surface area contributed by atoms with Gasteiger partial charge in [0.05, 0.1) is 5.75 Å². The minimum atomic E-state index is -3.42. The van der Waals surface area contributed by atoms with Gasteiger partial charge in [-0.2, -0.15) is 4.31 Å². The molecule has 0 unspecified atom stereocenters. The van der Waals surface area contributed by atoms with E-state index in [9.17, 15) is 18.0 Å². The van der Waals surface area contributed by atoms with E-state index >= 15 is 0 Å². The van der Waals surface area contributed by atoms with Crippen LogP contribution in [0.1, 0.15) is 26.2 Å². The zero-order valence-corrected chi connectivity index (χ0v) is 17.6. The van der Waals surface area contributed by atoms with Crippen molar-refractivity contribution in [1.29, 1.82) is 0 Å². The average molecular weight is 431 g/mol. The highest BCUT2D eigenvalue weighted by atomic mass is 32.2. The minimum absolute atomic E-state index is 0.0438. The minimum Gasteiger partial charge on any atom is -0.325 e. The normalized spacial score (nSPS) is 16.8. The van der Waals surface area contributed by atoms with Gasteiger partial charge in [-0.05, 0) is 55.7 Å². The maximum Gasteiger partial charge on any atom is 0.323 e. The van der Waals surface area contributed by atoms with Crippen LogP contribution in [0.15, 0.2) is 54.6 Å². The fourth-order valence-corrected chi connectivity index (χ4v) is 5.13. The Hall–Kier alpha value is -2.91. The smallest absolute Gasteiger partial charge is 0.323 e. The third kappa shape index (κ3) is 5.58. The molecule has 3 amide bonds. The number of amides is 3. The number of nitrogens with zero attached hydrogens (tertiary/aromatic N) is 1. The summed E-state index contributed by atoms with van der Waals surface area (Å²) in [6, 6.07) is 14.7. The van der Waals surface area contributed by atoms with Crippen LogP contribution in [-0.2, 0) is 14.8 Å². The molecule has 1 aliphatic heterocycles. The Bertz CT molecular complexity index is 978. The summed E-state index contributed by atoms with van der Waals surface area (Å²) in [7, 11) is -3.42. The Morgan fingerprint density at radius 3 is 2.10 bits per heavy atom. The predicted molar refractivity (Wildman–Crippen MR) is 118 cm³/mol. The molecule has 1 aliphatic rings. The van der Waals surface area contributed by atoms with Gasteiger partial charge in [-0.1, -0.05) is 25.1 Å². The molecular weight excluding hydrogens is 404 g/mol. The van der Waals surface area contributed by atoms with Gasteiger partial charge in [-0.25, -0.2) is 13.2 Å². The number of anilines is 3. The van der Waals surface area contributed by atoms with Crippen molar-refractivity contribution < 1.29 is 18.0 Å². The summed E-state index contributed by atoms with van der Waals surface area (Å²) in [6.07, 6.45) is 1.69. The standard InChI is InChI=1S/C21H26N4O4S/c1-2-15-30(28,29)25-14-6-9-19(25)20(26)22-17-10-12-18(13-11-17)24-21(27)23-16-7-4-3-5-8-16/h3-5,7-8,10-13,19H,2,6,9,14-15H2,1H3,(H,22,26)(H2,23,24,27)/t19-/m0/s1. The van der Waals surface area contributed by atoms with Gasteiger partial charge in [0.1, 0.15) is 6.04 Å². The maximum absolute atomic E-state index is 12.6. The van der Waals surface area contributed by atoms with Crippen molar-refractivity contribution in [3.63, 3.8) is 0 Å². The first-order valence-corrected chi connectivity index (χ1v) is 11.5. The molecule has 0 aliphatic carbocycles. The number of benzene rings is 2. The third-order valence-electron chi connectivity index (χ3n) is 4.77. The molecule has 1 saturated heterocycles. The summed E-state index contributed by atoms with van der Waals surface area (Å²) >= 11 is 0. The monoisotopic (exact) mass is 430 g/mol. The molecule has 0 bridgehead atoms. The van der Waals surface area contributed by atoms with Crippen molar-refractivity contribution >= 4 is 39.0 Å². The molecule has 160 valence electrons. The van der Waals surface area contributed by atoms with Gasteiger partial charge in [0.25, 0.3) is 0 Å². The fraction of sp³-hybridized carbons (Fsp3) is 0.333. The second kappa shape index (κ2) is 9.73. The first kappa shape index (κ1) is 21.8. The lowest BCUT2D eigenvalue weighted by Gasteiger charge is -2.23. The van der Waals surface area contributed by atoms with Crippen LogP contribution in [0.4, 0.5) is 21.9 Å². The van der Waals surface area contributed by atoms with E-state index in [4.69, 9.17) is 0 Å². The van der Waals surface area contributed by atoms with Crippen molar-refractivity contribution in [2.45, 2.75) is 32.2 Å². The van der Waals surface area contributed by atoms with Gasteiger partial charge in [0.15, 0.2) is 0 Å². The number of nitrogens with one attached hydrogen (secondary N) is 3. The topological polar surface area (TPSA) is 108 Å². The molecule has 1 heterocycles. The number of urea groups is 1. The molecule has 2 aromatic carbocycles. The van der Waals surface area contributed by atoms with E-state index in [1.54, 1.807) is 43.3 Å². The van der Waals surface area contributed by atoms with Crippen LogP contribution in [0.2, 0.25) is 0 Å². The van der Waals surface area contributed by atoms with Crippen LogP contribution in [0.3, 0.4) is 0 Å². The molecule has 0 spiro atoms. The van der Waals surface area contributed by atoms with E-state index in [1.165, 1.54) is 4.31 Å². The van der Waals surface area contributed by atoms with Crippen LogP contribution in [0, 0.1) is 0 Å². The van der Waals surface area contributed by atoms with Crippen molar-refractivity contribution in [1.82, 2.24) is 4.31 Å². The summed E-state index contributed by atoms with van der Waals surface area (Å²) in [4.78, 5) is 24.7. The molecule has 30 heavy (non-hydrogen) atoms. The summed E-state index contributed by atoms with van der Waals surface area (Å²) in [6.45, 7) is 2.18. The third-order valence-corrected chi connectivity index (χ3v) is 6.84. The summed E-state index contributed by atoms with van der Waals surface area (Å²) < 4.78 is 26.1. The Labute approximate surface area is 176 Å². The van der Waals surface area contributed by atoms with Crippen LogP contribution in [0.25, 0.3) is 0 Å².